The van der Waals surface area contributed by atoms with Crippen LogP contribution in [-0.2, 0) is 55.7 Å². The maximum absolute atomic E-state index is 14.1. The maximum atomic E-state index is 14.1. The number of nitrogens with two attached hydrogens (primary N) is 1. The number of primary amides is 1. The minimum absolute atomic E-state index is 0.108. The van der Waals surface area contributed by atoms with Crippen LogP contribution >= 0.6 is 7.82 Å². The number of likely N-dealkylation sites (tertiary alicyclic amines) is 1. The van der Waals surface area contributed by atoms with E-state index in [1.807, 2.05) is 51.3 Å². The Morgan fingerprint density at radius 3 is 2.30 bits per heavy atom. The molecule has 6 atom stereocenters. The highest BCUT2D eigenvalue weighted by atomic mass is 31.2. The van der Waals surface area contributed by atoms with Crippen LogP contribution in [0.1, 0.15) is 94.6 Å². The van der Waals surface area contributed by atoms with Gasteiger partial charge < -0.3 is 60.7 Å². The molecule has 4 rings (SSSR count). The van der Waals surface area contributed by atoms with E-state index in [4.69, 9.17) is 15.1 Å². The molecule has 24 nitrogen and oxygen atoms in total. The van der Waals surface area contributed by atoms with Gasteiger partial charge in [0.2, 0.25) is 35.4 Å². The molecule has 1 fully saturated rings. The average Bonchev–Trinajstić information content (AvgIpc) is 4.06. The number of oxime groups is 1. The zero-order valence-electron chi connectivity index (χ0n) is 38.8. The first-order valence-corrected chi connectivity index (χ1v) is 23.5. The molecule has 3 aromatic heterocycles. The number of unbranched alkanes of at least 4 members (excludes halogenated alkanes) is 2. The predicted molar refractivity (Wildman–Crippen MR) is 240 cm³/mol. The minimum atomic E-state index is -5.13. The van der Waals surface area contributed by atoms with E-state index in [2.05, 4.69) is 41.1 Å². The Balaban J connectivity index is 1.45. The summed E-state index contributed by atoms with van der Waals surface area (Å²) < 4.78 is 24.9. The first-order chi connectivity index (χ1) is 31.6. The van der Waals surface area contributed by atoms with Gasteiger partial charge in [0.25, 0.3) is 0 Å². The number of hydrogen-bond donors (Lipinski definition) is 8. The van der Waals surface area contributed by atoms with Gasteiger partial charge in [-0.15, -0.1) is 0 Å². The van der Waals surface area contributed by atoms with Crippen molar-refractivity contribution in [2.45, 2.75) is 136 Å². The quantitative estimate of drug-likeness (QED) is 0.0233. The zero-order valence-corrected chi connectivity index (χ0v) is 39.7. The molecule has 0 unspecified atom stereocenters. The van der Waals surface area contributed by atoms with Crippen LogP contribution < -0.4 is 27.0 Å². The van der Waals surface area contributed by atoms with Gasteiger partial charge in [-0.05, 0) is 78.2 Å². The number of hydrogen-bond acceptors (Lipinski definition) is 14. The monoisotopic (exact) mass is 961 g/mol. The predicted octanol–water partition coefficient (Wildman–Crippen LogP) is 0.322. The zero-order chi connectivity index (χ0) is 49.6. The lowest BCUT2D eigenvalue weighted by atomic mass is 10.0. The molecule has 9 N–H and O–H groups in total. The molecule has 0 saturated carbocycles. The molecule has 0 spiro atoms. The van der Waals surface area contributed by atoms with Crippen molar-refractivity contribution in [2.75, 3.05) is 19.8 Å². The fourth-order valence-electron chi connectivity index (χ4n) is 7.72. The third-order valence-corrected chi connectivity index (χ3v) is 11.7. The standard InChI is InChI=1S/C42H64N11O13P/c1-24(2)16-32(47-42(60)35-12-11-14-52(35)29(7)55)39(57)46-33(40(58)48-34(22-54)41(59)49-37(38(43)56)28(6)66-67(61,62)63)19-31-21-44-23-51(31)13-9-8-10-15-64-45-20-30-17-25(3)53(27(30)5)36-18-26(4)65-50-36/h17-18,20-21,23-24,28,32-35,37,54H,8-16,19,22H2,1-7H3,(H2,43,56)(H,46,57)(H,47,60)(H,48,58)(H,49,59)(H2,61,62,63)/b45-20+/t28-,32+,33+,34+,35+,37+/m1/s1. The highest BCUT2D eigenvalue weighted by Crippen LogP contribution is 2.38. The molecule has 370 valence electrons. The number of phosphoric acid groups is 1. The topological polar surface area (TPSA) is 337 Å². The second-order valence-corrected chi connectivity index (χ2v) is 18.1. The van der Waals surface area contributed by atoms with Gasteiger partial charge >= 0.3 is 7.82 Å². The summed E-state index contributed by atoms with van der Waals surface area (Å²) >= 11 is 0. The fourth-order valence-corrected chi connectivity index (χ4v) is 8.27. The molecule has 4 heterocycles. The van der Waals surface area contributed by atoms with E-state index in [9.17, 15) is 48.2 Å². The largest absolute Gasteiger partial charge is 0.469 e. The Morgan fingerprint density at radius 1 is 0.985 bits per heavy atom. The average molecular weight is 962 g/mol. The Kier molecular flexibility index (Phi) is 19.8. The van der Waals surface area contributed by atoms with E-state index in [1.165, 1.54) is 18.0 Å². The van der Waals surface area contributed by atoms with E-state index in [0.29, 0.717) is 62.7 Å². The molecule has 67 heavy (non-hydrogen) atoms. The Bertz CT molecular complexity index is 2270. The summed E-state index contributed by atoms with van der Waals surface area (Å²) in [5, 5.41) is 28.4. The molecule has 3 aromatic rings. The fraction of sp³-hybridized carbons (Fsp3) is 0.595. The Hall–Kier alpha value is -5.94. The normalized spacial score (nSPS) is 16.3. The van der Waals surface area contributed by atoms with E-state index in [0.717, 1.165) is 30.3 Å². The smallest absolute Gasteiger partial charge is 0.396 e. The number of nitrogens with one attached hydrogen (secondary N) is 4. The number of phosphoric ester groups is 1. The number of carbonyl (C=O) groups excluding carboxylic acids is 6. The molecule has 0 aromatic carbocycles. The highest BCUT2D eigenvalue weighted by molar-refractivity contribution is 7.46. The third-order valence-electron chi connectivity index (χ3n) is 11.1. The molecule has 0 aliphatic carbocycles. The van der Waals surface area contributed by atoms with Crippen LogP contribution in [0.15, 0.2) is 34.3 Å². The lowest BCUT2D eigenvalue weighted by Gasteiger charge is -2.28. The molecule has 1 saturated heterocycles. The first-order valence-electron chi connectivity index (χ1n) is 22.0. The van der Waals surface area contributed by atoms with Crippen LogP contribution in [0.4, 0.5) is 0 Å². The van der Waals surface area contributed by atoms with Crippen molar-refractivity contribution in [1.29, 1.82) is 0 Å². The van der Waals surface area contributed by atoms with Crippen molar-refractivity contribution >= 4 is 49.5 Å². The molecule has 1 aliphatic rings. The number of aliphatic hydroxyl groups is 1. The number of aromatic nitrogens is 4. The van der Waals surface area contributed by atoms with E-state index < -0.39 is 80.3 Å². The number of carbonyl (C=O) groups is 6. The summed E-state index contributed by atoms with van der Waals surface area (Å²) in [6.07, 6.45) is 6.13. The minimum Gasteiger partial charge on any atom is -0.396 e. The summed E-state index contributed by atoms with van der Waals surface area (Å²) in [5.41, 5.74) is 8.62. The molecule has 25 heteroatoms. The summed E-state index contributed by atoms with van der Waals surface area (Å²) in [6.45, 7) is 12.0. The van der Waals surface area contributed by atoms with E-state index in [1.54, 1.807) is 17.1 Å². The Morgan fingerprint density at radius 2 is 1.67 bits per heavy atom. The number of aliphatic hydroxyl groups excluding tert-OH is 1. The second kappa shape index (κ2) is 24.7. The lowest BCUT2D eigenvalue weighted by Crippen LogP contribution is -2.61. The van der Waals surface area contributed by atoms with Gasteiger partial charge in [-0.1, -0.05) is 24.2 Å². The van der Waals surface area contributed by atoms with Gasteiger partial charge in [0.15, 0.2) is 5.82 Å². The number of imidazole rings is 1. The van der Waals surface area contributed by atoms with E-state index >= 15 is 0 Å². The van der Waals surface area contributed by atoms with Crippen LogP contribution in [-0.4, -0.2) is 137 Å². The molecule has 1 aliphatic heterocycles. The van der Waals surface area contributed by atoms with Crippen molar-refractivity contribution in [3.63, 3.8) is 0 Å². The third kappa shape index (κ3) is 15.8. The molecular formula is C42H64N11O13P. The van der Waals surface area contributed by atoms with Crippen LogP contribution in [0.3, 0.4) is 0 Å². The van der Waals surface area contributed by atoms with Crippen LogP contribution in [0.5, 0.6) is 0 Å². The van der Waals surface area contributed by atoms with Gasteiger partial charge in [0.05, 0.1) is 25.3 Å². The van der Waals surface area contributed by atoms with Gasteiger partial charge in [-0.25, -0.2) is 9.55 Å². The maximum Gasteiger partial charge on any atom is 0.469 e. The molecule has 0 bridgehead atoms. The van der Waals surface area contributed by atoms with Crippen molar-refractivity contribution in [2.24, 2.45) is 16.8 Å². The van der Waals surface area contributed by atoms with Crippen molar-refractivity contribution in [1.82, 2.24) is 45.4 Å². The summed E-state index contributed by atoms with van der Waals surface area (Å²) in [5.74, 6) is -3.62. The van der Waals surface area contributed by atoms with Gasteiger partial charge in [-0.3, -0.25) is 37.9 Å². The van der Waals surface area contributed by atoms with Crippen molar-refractivity contribution in [3.05, 3.63) is 53.1 Å². The highest BCUT2D eigenvalue weighted by Gasteiger charge is 2.37. The second-order valence-electron chi connectivity index (χ2n) is 16.9. The lowest BCUT2D eigenvalue weighted by molar-refractivity contribution is -0.139. The summed E-state index contributed by atoms with van der Waals surface area (Å²) in [4.78, 5) is 109. The first kappa shape index (κ1) is 53.7. The number of rotatable bonds is 26. The number of amides is 6. The number of nitrogens with zero attached hydrogens (tertiary/aromatic N) is 6. The van der Waals surface area contributed by atoms with Crippen LogP contribution in [0.25, 0.3) is 5.82 Å². The van der Waals surface area contributed by atoms with Crippen LogP contribution in [0, 0.1) is 26.7 Å². The van der Waals surface area contributed by atoms with Gasteiger partial charge in [0.1, 0.15) is 42.6 Å². The van der Waals surface area contributed by atoms with Crippen LogP contribution in [0.2, 0.25) is 0 Å². The SMILES string of the molecule is CC(=O)N1CCC[C@H]1C(=O)N[C@@H](CC(C)C)C(=O)N[C@@H](Cc1cncn1CCCCCO/N=C/c1cc(C)n(-c2cc(C)on2)c1C)C(=O)N[C@@H](CO)C(=O)N[C@H](C(N)=O)[C@@H](C)OP(=O)(O)O. The molecule has 6 amide bonds. The van der Waals surface area contributed by atoms with Crippen molar-refractivity contribution in [3.8, 4) is 5.82 Å². The Labute approximate surface area is 388 Å². The molecular weight excluding hydrogens is 898 g/mol. The van der Waals surface area contributed by atoms with E-state index in [-0.39, 0.29) is 24.7 Å². The molecule has 0 radical (unpaired) electrons. The summed E-state index contributed by atoms with van der Waals surface area (Å²) in [7, 11) is -5.13. The van der Waals surface area contributed by atoms with Gasteiger partial charge in [0, 0.05) is 61.3 Å². The van der Waals surface area contributed by atoms with Gasteiger partial charge in [-0.2, -0.15) is 0 Å². The van der Waals surface area contributed by atoms with Crippen molar-refractivity contribution < 1.29 is 62.1 Å². The summed E-state index contributed by atoms with van der Waals surface area (Å²) in [6, 6.07) is -3.09. The number of aryl methyl sites for hydroxylation is 3.